The van der Waals surface area contributed by atoms with E-state index in [0.717, 1.165) is 5.69 Å². The van der Waals surface area contributed by atoms with Crippen LogP contribution in [0.1, 0.15) is 16.1 Å². The van der Waals surface area contributed by atoms with Crippen molar-refractivity contribution in [1.82, 2.24) is 10.2 Å². The first-order valence-electron chi connectivity index (χ1n) is 8.22. The number of furan rings is 1. The molecular weight excluding hydrogens is 322 g/mol. The van der Waals surface area contributed by atoms with Gasteiger partial charge in [-0.25, -0.2) is 0 Å². The minimum Gasteiger partial charge on any atom is -0.467 e. The number of hydrogen-bond acceptors (Lipinski definition) is 5. The molecule has 132 valence electrons. The number of rotatable bonds is 6. The molecule has 2 heterocycles. The molecule has 0 saturated carbocycles. The molecule has 7 nitrogen and oxygen atoms in total. The molecule has 3 rings (SSSR count). The fraction of sp³-hybridized carbons (Fsp3) is 0.333. The van der Waals surface area contributed by atoms with Gasteiger partial charge in [-0.05, 0) is 36.4 Å². The van der Waals surface area contributed by atoms with Crippen molar-refractivity contribution < 1.29 is 18.7 Å². The normalized spacial score (nSPS) is 14.2. The van der Waals surface area contributed by atoms with Crippen molar-refractivity contribution in [3.63, 3.8) is 0 Å². The molecule has 1 aliphatic heterocycles. The highest BCUT2D eigenvalue weighted by molar-refractivity contribution is 5.94. The van der Waals surface area contributed by atoms with Crippen molar-refractivity contribution >= 4 is 17.5 Å². The van der Waals surface area contributed by atoms with Gasteiger partial charge in [-0.1, -0.05) is 0 Å². The summed E-state index contributed by atoms with van der Waals surface area (Å²) >= 11 is 0. The lowest BCUT2D eigenvalue weighted by atomic mass is 10.2. The molecule has 1 aromatic carbocycles. The number of nitrogens with zero attached hydrogens (tertiary/aromatic N) is 1. The van der Waals surface area contributed by atoms with Gasteiger partial charge in [0.2, 0.25) is 5.91 Å². The van der Waals surface area contributed by atoms with Crippen LogP contribution in [0.2, 0.25) is 0 Å². The minimum atomic E-state index is -0.174. The number of anilines is 1. The maximum atomic E-state index is 12.1. The Bertz CT molecular complexity index is 692. The Kier molecular flexibility index (Phi) is 5.69. The second-order valence-electron chi connectivity index (χ2n) is 5.69. The molecule has 2 aromatic rings. The van der Waals surface area contributed by atoms with Gasteiger partial charge in [0.25, 0.3) is 5.91 Å². The predicted molar refractivity (Wildman–Crippen MR) is 92.2 cm³/mol. The molecule has 2 N–H and O–H groups in total. The van der Waals surface area contributed by atoms with Crippen molar-refractivity contribution in [2.24, 2.45) is 0 Å². The van der Waals surface area contributed by atoms with E-state index in [2.05, 4.69) is 10.6 Å². The van der Waals surface area contributed by atoms with Crippen molar-refractivity contribution in [2.75, 3.05) is 38.2 Å². The van der Waals surface area contributed by atoms with E-state index >= 15 is 0 Å². The number of ether oxygens (including phenoxy) is 1. The summed E-state index contributed by atoms with van der Waals surface area (Å²) in [4.78, 5) is 25.9. The van der Waals surface area contributed by atoms with Crippen molar-refractivity contribution in [2.45, 2.75) is 6.54 Å². The lowest BCUT2D eigenvalue weighted by Crippen LogP contribution is -2.43. The maximum absolute atomic E-state index is 12.1. The van der Waals surface area contributed by atoms with Gasteiger partial charge in [0.15, 0.2) is 0 Å². The third kappa shape index (κ3) is 4.84. The van der Waals surface area contributed by atoms with Crippen LogP contribution in [-0.4, -0.2) is 49.6 Å². The molecule has 1 fully saturated rings. The van der Waals surface area contributed by atoms with Crippen LogP contribution in [0.4, 0.5) is 5.69 Å². The molecule has 1 saturated heterocycles. The number of carbonyl (C=O) groups is 2. The van der Waals surface area contributed by atoms with Gasteiger partial charge in [-0.3, -0.25) is 9.59 Å². The summed E-state index contributed by atoms with van der Waals surface area (Å²) in [7, 11) is 0. The van der Waals surface area contributed by atoms with Crippen LogP contribution < -0.4 is 10.6 Å². The summed E-state index contributed by atoms with van der Waals surface area (Å²) in [5.41, 5.74) is 1.35. The lowest BCUT2D eigenvalue weighted by molar-refractivity contribution is -0.133. The van der Waals surface area contributed by atoms with Crippen molar-refractivity contribution in [3.05, 3.63) is 54.0 Å². The Morgan fingerprint density at radius 2 is 1.84 bits per heavy atom. The standard InChI is InChI=1S/C18H21N3O4/c22-17(21-7-10-24-11-8-21)13-19-15-5-3-14(4-6-15)18(23)20-12-16-2-1-9-25-16/h1-6,9,19H,7-8,10-13H2,(H,20,23). The number of amides is 2. The molecule has 25 heavy (non-hydrogen) atoms. The first-order valence-corrected chi connectivity index (χ1v) is 8.22. The number of morpholine rings is 1. The third-order valence-corrected chi connectivity index (χ3v) is 3.96. The molecular formula is C18H21N3O4. The molecule has 0 spiro atoms. The third-order valence-electron chi connectivity index (χ3n) is 3.96. The Morgan fingerprint density at radius 1 is 1.08 bits per heavy atom. The fourth-order valence-electron chi connectivity index (χ4n) is 2.52. The predicted octanol–water partition coefficient (Wildman–Crippen LogP) is 1.48. The van der Waals surface area contributed by atoms with E-state index in [1.807, 2.05) is 0 Å². The first kappa shape index (κ1) is 17.0. The Balaban J connectivity index is 1.46. The zero-order valence-electron chi connectivity index (χ0n) is 13.9. The van der Waals surface area contributed by atoms with Crippen LogP contribution in [-0.2, 0) is 16.1 Å². The number of carbonyl (C=O) groups excluding carboxylic acids is 2. The van der Waals surface area contributed by atoms with Gasteiger partial charge in [0.05, 0.1) is 32.6 Å². The average Bonchev–Trinajstić information content (AvgIpc) is 3.19. The van der Waals surface area contributed by atoms with Crippen LogP contribution >= 0.6 is 0 Å². The summed E-state index contributed by atoms with van der Waals surface area (Å²) in [6.45, 7) is 3.02. The Hall–Kier alpha value is -2.80. The van der Waals surface area contributed by atoms with Gasteiger partial charge >= 0.3 is 0 Å². The van der Waals surface area contributed by atoms with E-state index in [1.165, 1.54) is 0 Å². The molecule has 0 atom stereocenters. The maximum Gasteiger partial charge on any atom is 0.251 e. The van der Waals surface area contributed by atoms with Crippen molar-refractivity contribution in [3.8, 4) is 0 Å². The van der Waals surface area contributed by atoms with Crippen LogP contribution in [0.3, 0.4) is 0 Å². The van der Waals surface area contributed by atoms with Crippen molar-refractivity contribution in [1.29, 1.82) is 0 Å². The van der Waals surface area contributed by atoms with E-state index < -0.39 is 0 Å². The lowest BCUT2D eigenvalue weighted by Gasteiger charge is -2.27. The topological polar surface area (TPSA) is 83.8 Å². The fourth-order valence-corrected chi connectivity index (χ4v) is 2.52. The summed E-state index contributed by atoms with van der Waals surface area (Å²) in [5, 5.41) is 5.87. The smallest absolute Gasteiger partial charge is 0.251 e. The molecule has 0 bridgehead atoms. The Morgan fingerprint density at radius 3 is 2.52 bits per heavy atom. The highest BCUT2D eigenvalue weighted by Crippen LogP contribution is 2.10. The second kappa shape index (κ2) is 8.34. The highest BCUT2D eigenvalue weighted by Gasteiger charge is 2.16. The van der Waals surface area contributed by atoms with Gasteiger partial charge in [0, 0.05) is 24.3 Å². The van der Waals surface area contributed by atoms with Gasteiger partial charge in [0.1, 0.15) is 5.76 Å². The van der Waals surface area contributed by atoms with E-state index in [1.54, 1.807) is 47.6 Å². The quantitative estimate of drug-likeness (QED) is 0.830. The zero-order valence-corrected chi connectivity index (χ0v) is 13.9. The molecule has 0 radical (unpaired) electrons. The number of hydrogen-bond donors (Lipinski definition) is 2. The Labute approximate surface area is 145 Å². The average molecular weight is 343 g/mol. The van der Waals surface area contributed by atoms with Crippen LogP contribution in [0.15, 0.2) is 47.1 Å². The second-order valence-corrected chi connectivity index (χ2v) is 5.69. The van der Waals surface area contributed by atoms with Gasteiger partial charge in [-0.15, -0.1) is 0 Å². The van der Waals surface area contributed by atoms with Crippen LogP contribution in [0.5, 0.6) is 0 Å². The molecule has 0 aliphatic carbocycles. The summed E-state index contributed by atoms with van der Waals surface area (Å²) in [5.74, 6) is 0.573. The summed E-state index contributed by atoms with van der Waals surface area (Å²) in [6, 6.07) is 10.6. The first-order chi connectivity index (χ1) is 12.2. The van der Waals surface area contributed by atoms with Gasteiger partial charge in [-0.2, -0.15) is 0 Å². The molecule has 2 amide bonds. The van der Waals surface area contributed by atoms with E-state index in [4.69, 9.17) is 9.15 Å². The largest absolute Gasteiger partial charge is 0.467 e. The molecule has 0 unspecified atom stereocenters. The van der Waals surface area contributed by atoms with E-state index in [-0.39, 0.29) is 18.4 Å². The monoisotopic (exact) mass is 343 g/mol. The van der Waals surface area contributed by atoms with Crippen LogP contribution in [0.25, 0.3) is 0 Å². The highest BCUT2D eigenvalue weighted by atomic mass is 16.5. The molecule has 1 aliphatic rings. The molecule has 7 heteroatoms. The summed E-state index contributed by atoms with van der Waals surface area (Å²) in [6.07, 6.45) is 1.57. The zero-order chi connectivity index (χ0) is 17.5. The minimum absolute atomic E-state index is 0.0450. The summed E-state index contributed by atoms with van der Waals surface area (Å²) < 4.78 is 10.4. The number of benzene rings is 1. The SMILES string of the molecule is O=C(NCc1ccco1)c1ccc(NCC(=O)N2CCOCC2)cc1. The van der Waals surface area contributed by atoms with E-state index in [0.29, 0.717) is 44.2 Å². The van der Waals surface area contributed by atoms with E-state index in [9.17, 15) is 9.59 Å². The molecule has 1 aromatic heterocycles. The number of nitrogens with one attached hydrogen (secondary N) is 2. The van der Waals surface area contributed by atoms with Crippen LogP contribution in [0, 0.1) is 0 Å². The van der Waals surface area contributed by atoms with Gasteiger partial charge < -0.3 is 24.7 Å².